The van der Waals surface area contributed by atoms with Crippen LogP contribution >= 0.6 is 0 Å². The Labute approximate surface area is 79.7 Å². The monoisotopic (exact) mass is 201 g/mol. The van der Waals surface area contributed by atoms with E-state index in [0.29, 0.717) is 0 Å². The van der Waals surface area contributed by atoms with Gasteiger partial charge in [0, 0.05) is 0 Å². The fourth-order valence-electron chi connectivity index (χ4n) is 0.924. The number of nitrogens with one attached hydrogen (secondary N) is 1. The van der Waals surface area contributed by atoms with Crippen LogP contribution in [-0.2, 0) is 4.74 Å². The van der Waals surface area contributed by atoms with Crippen molar-refractivity contribution in [1.82, 2.24) is 0 Å². The quantitative estimate of drug-likeness (QED) is 0.757. The first-order valence-corrected chi connectivity index (χ1v) is 3.86. The highest BCUT2D eigenvalue weighted by Gasteiger charge is 2.13. The number of benzene rings is 1. The maximum atomic E-state index is 13.2. The topological polar surface area (TPSA) is 38.3 Å². The zero-order valence-electron chi connectivity index (χ0n) is 7.73. The Hall–Kier alpha value is -1.65. The molecule has 1 N–H and O–H groups in total. The van der Waals surface area contributed by atoms with Crippen molar-refractivity contribution in [3.05, 3.63) is 29.3 Å². The summed E-state index contributed by atoms with van der Waals surface area (Å²) in [6, 6.07) is 2.36. The van der Waals surface area contributed by atoms with E-state index in [1.807, 2.05) is 5.32 Å². The smallest absolute Gasteiger partial charge is 0.411 e. The number of rotatable bonds is 1. The van der Waals surface area contributed by atoms with E-state index in [1.165, 1.54) is 13.0 Å². The highest BCUT2D eigenvalue weighted by Crippen LogP contribution is 2.21. The molecule has 0 saturated carbocycles. The van der Waals surface area contributed by atoms with E-state index in [2.05, 4.69) is 4.74 Å². The minimum Gasteiger partial charge on any atom is -0.453 e. The molecule has 5 heteroatoms. The lowest BCUT2D eigenvalue weighted by molar-refractivity contribution is 0.186. The fraction of sp³-hybridized carbons (Fsp3) is 0.222. The number of ether oxygens (including phenoxy) is 1. The Morgan fingerprint density at radius 3 is 2.64 bits per heavy atom. The van der Waals surface area contributed by atoms with E-state index in [9.17, 15) is 13.6 Å². The summed E-state index contributed by atoms with van der Waals surface area (Å²) in [4.78, 5) is 10.7. The Kier molecular flexibility index (Phi) is 3.01. The maximum Gasteiger partial charge on any atom is 0.411 e. The van der Waals surface area contributed by atoms with Gasteiger partial charge in [-0.05, 0) is 18.6 Å². The number of anilines is 1. The van der Waals surface area contributed by atoms with Crippen LogP contribution in [0.3, 0.4) is 0 Å². The van der Waals surface area contributed by atoms with E-state index in [0.717, 1.165) is 13.2 Å². The summed E-state index contributed by atoms with van der Waals surface area (Å²) < 4.78 is 30.5. The van der Waals surface area contributed by atoms with Crippen LogP contribution in [0.2, 0.25) is 0 Å². The molecule has 0 atom stereocenters. The molecular weight excluding hydrogens is 192 g/mol. The van der Waals surface area contributed by atoms with E-state index in [-0.39, 0.29) is 5.56 Å². The molecule has 0 saturated heterocycles. The Morgan fingerprint density at radius 2 is 2.07 bits per heavy atom. The molecule has 0 unspecified atom stereocenters. The van der Waals surface area contributed by atoms with Crippen LogP contribution in [0.4, 0.5) is 19.3 Å². The van der Waals surface area contributed by atoms with Crippen molar-refractivity contribution < 1.29 is 18.3 Å². The molecule has 14 heavy (non-hydrogen) atoms. The first-order valence-electron chi connectivity index (χ1n) is 3.86. The lowest BCUT2D eigenvalue weighted by Crippen LogP contribution is -2.14. The number of carbonyl (C=O) groups is 1. The van der Waals surface area contributed by atoms with Crippen LogP contribution in [-0.4, -0.2) is 13.2 Å². The van der Waals surface area contributed by atoms with E-state index >= 15 is 0 Å². The summed E-state index contributed by atoms with van der Waals surface area (Å²) in [6.07, 6.45) is -0.909. The second-order valence-corrected chi connectivity index (χ2v) is 2.67. The molecule has 0 aromatic heterocycles. The summed E-state index contributed by atoms with van der Waals surface area (Å²) in [5, 5.41) is 1.96. The number of hydrogen-bond acceptors (Lipinski definition) is 2. The standard InChI is InChI=1S/C9H9F2NO2/c1-5-3-4-6(10)8(7(5)11)12-9(13)14-2/h3-4H,1-2H3,(H,12,13). The van der Waals surface area contributed by atoms with Gasteiger partial charge in [-0.15, -0.1) is 0 Å². The number of halogens is 2. The van der Waals surface area contributed by atoms with E-state index in [1.54, 1.807) is 0 Å². The number of carbonyl (C=O) groups excluding carboxylic acids is 1. The molecule has 1 amide bonds. The average molecular weight is 201 g/mol. The SMILES string of the molecule is COC(=O)Nc1c(F)ccc(C)c1F. The number of aryl methyl sites for hydroxylation is 1. The lowest BCUT2D eigenvalue weighted by Gasteiger charge is -2.07. The van der Waals surface area contributed by atoms with Gasteiger partial charge in [-0.25, -0.2) is 13.6 Å². The predicted octanol–water partition coefficient (Wildman–Crippen LogP) is 2.45. The fourth-order valence-corrected chi connectivity index (χ4v) is 0.924. The van der Waals surface area contributed by atoms with E-state index in [4.69, 9.17) is 0 Å². The molecule has 0 heterocycles. The molecule has 0 spiro atoms. The van der Waals surface area contributed by atoms with Crippen molar-refractivity contribution >= 4 is 11.8 Å². The molecule has 0 bridgehead atoms. The van der Waals surface area contributed by atoms with Gasteiger partial charge in [0.05, 0.1) is 7.11 Å². The summed E-state index contributed by atoms with van der Waals surface area (Å²) in [6.45, 7) is 1.47. The van der Waals surface area contributed by atoms with Gasteiger partial charge in [0.15, 0.2) is 5.82 Å². The summed E-state index contributed by atoms with van der Waals surface area (Å²) in [5.74, 6) is -1.63. The van der Waals surface area contributed by atoms with Crippen molar-refractivity contribution in [3.8, 4) is 0 Å². The molecule has 1 rings (SSSR count). The molecule has 1 aromatic rings. The van der Waals surface area contributed by atoms with Gasteiger partial charge in [0.25, 0.3) is 0 Å². The zero-order valence-corrected chi connectivity index (χ0v) is 7.73. The van der Waals surface area contributed by atoms with Gasteiger partial charge >= 0.3 is 6.09 Å². The molecular formula is C9H9F2NO2. The predicted molar refractivity (Wildman–Crippen MR) is 47.1 cm³/mol. The van der Waals surface area contributed by atoms with Gasteiger partial charge < -0.3 is 4.74 Å². The second-order valence-electron chi connectivity index (χ2n) is 2.67. The molecule has 1 aromatic carbocycles. The number of amides is 1. The minimum absolute atomic E-state index is 0.248. The molecule has 3 nitrogen and oxygen atoms in total. The maximum absolute atomic E-state index is 13.2. The lowest BCUT2D eigenvalue weighted by atomic mass is 10.2. The Balaban J connectivity index is 3.06. The Bertz CT molecular complexity index is 366. The van der Waals surface area contributed by atoms with Crippen LogP contribution in [0.25, 0.3) is 0 Å². The van der Waals surface area contributed by atoms with Gasteiger partial charge in [-0.2, -0.15) is 0 Å². The van der Waals surface area contributed by atoms with E-state index < -0.39 is 23.4 Å². The molecule has 0 radical (unpaired) electrons. The van der Waals surface area contributed by atoms with Crippen LogP contribution in [0.5, 0.6) is 0 Å². The van der Waals surface area contributed by atoms with Gasteiger partial charge in [0.1, 0.15) is 11.5 Å². The second kappa shape index (κ2) is 4.04. The van der Waals surface area contributed by atoms with Crippen molar-refractivity contribution in [2.45, 2.75) is 6.92 Å². The Morgan fingerprint density at radius 1 is 1.43 bits per heavy atom. The van der Waals surface area contributed by atoms with Crippen molar-refractivity contribution in [2.24, 2.45) is 0 Å². The number of methoxy groups -OCH3 is 1. The van der Waals surface area contributed by atoms with Crippen LogP contribution in [0, 0.1) is 18.6 Å². The average Bonchev–Trinajstić information content (AvgIpc) is 2.18. The highest BCUT2D eigenvalue weighted by atomic mass is 19.1. The van der Waals surface area contributed by atoms with Gasteiger partial charge in [-0.1, -0.05) is 6.07 Å². The summed E-state index contributed by atoms with van der Waals surface area (Å²) in [7, 11) is 1.11. The highest BCUT2D eigenvalue weighted by molar-refractivity contribution is 5.84. The van der Waals surface area contributed by atoms with Crippen molar-refractivity contribution in [1.29, 1.82) is 0 Å². The third-order valence-corrected chi connectivity index (χ3v) is 1.70. The van der Waals surface area contributed by atoms with Crippen LogP contribution < -0.4 is 5.32 Å². The normalized spacial score (nSPS) is 9.71. The molecule has 0 aliphatic carbocycles. The summed E-state index contributed by atoms with van der Waals surface area (Å²) in [5.41, 5.74) is -0.241. The van der Waals surface area contributed by atoms with Gasteiger partial charge in [0.2, 0.25) is 0 Å². The molecule has 76 valence electrons. The van der Waals surface area contributed by atoms with Gasteiger partial charge in [-0.3, -0.25) is 5.32 Å². The van der Waals surface area contributed by atoms with Crippen molar-refractivity contribution in [3.63, 3.8) is 0 Å². The molecule has 0 aliphatic heterocycles. The largest absolute Gasteiger partial charge is 0.453 e. The third-order valence-electron chi connectivity index (χ3n) is 1.70. The minimum atomic E-state index is -0.909. The third kappa shape index (κ3) is 1.99. The summed E-state index contributed by atoms with van der Waals surface area (Å²) >= 11 is 0. The van der Waals surface area contributed by atoms with Crippen LogP contribution in [0.15, 0.2) is 12.1 Å². The molecule has 0 aliphatic rings. The zero-order chi connectivity index (χ0) is 10.7. The number of hydrogen-bond donors (Lipinski definition) is 1. The first kappa shape index (κ1) is 10.4. The first-order chi connectivity index (χ1) is 6.56. The van der Waals surface area contributed by atoms with Crippen LogP contribution in [0.1, 0.15) is 5.56 Å². The van der Waals surface area contributed by atoms with Crippen molar-refractivity contribution in [2.75, 3.05) is 12.4 Å². The molecule has 0 fully saturated rings.